The zero-order chi connectivity index (χ0) is 13.2. The van der Waals surface area contributed by atoms with Crippen molar-refractivity contribution in [1.82, 2.24) is 15.0 Å². The Labute approximate surface area is 120 Å². The minimum absolute atomic E-state index is 0.509. The highest BCUT2D eigenvalue weighted by Crippen LogP contribution is 2.32. The van der Waals surface area contributed by atoms with Crippen molar-refractivity contribution in [2.24, 2.45) is 0 Å². The summed E-state index contributed by atoms with van der Waals surface area (Å²) in [5.41, 5.74) is 3.54. The summed E-state index contributed by atoms with van der Waals surface area (Å²) in [5, 5.41) is 1.04. The van der Waals surface area contributed by atoms with Crippen LogP contribution in [0.2, 0.25) is 10.0 Å². The van der Waals surface area contributed by atoms with E-state index in [0.717, 1.165) is 22.5 Å². The van der Waals surface area contributed by atoms with Crippen molar-refractivity contribution in [3.8, 4) is 22.5 Å². The maximum absolute atomic E-state index is 6.04. The molecule has 3 nitrogen and oxygen atoms in total. The molecule has 1 N–H and O–H groups in total. The number of rotatable bonds is 2. The van der Waals surface area contributed by atoms with E-state index < -0.39 is 0 Å². The van der Waals surface area contributed by atoms with Crippen molar-refractivity contribution in [2.75, 3.05) is 0 Å². The Morgan fingerprint density at radius 2 is 1.74 bits per heavy atom. The average Bonchev–Trinajstić information content (AvgIpc) is 2.92. The first-order valence-corrected chi connectivity index (χ1v) is 6.33. The van der Waals surface area contributed by atoms with Crippen LogP contribution >= 0.6 is 23.2 Å². The quantitative estimate of drug-likeness (QED) is 0.766. The topological polar surface area (TPSA) is 41.6 Å². The molecule has 3 aromatic rings. The summed E-state index contributed by atoms with van der Waals surface area (Å²) in [6.07, 6.45) is 6.21. The summed E-state index contributed by atoms with van der Waals surface area (Å²) in [6.45, 7) is 0. The van der Waals surface area contributed by atoms with Gasteiger partial charge in [0.2, 0.25) is 0 Å². The highest BCUT2D eigenvalue weighted by Gasteiger charge is 2.11. The molecule has 0 unspecified atom stereocenters. The normalized spacial score (nSPS) is 10.6. The highest BCUT2D eigenvalue weighted by molar-refractivity contribution is 6.42. The van der Waals surface area contributed by atoms with E-state index in [0.29, 0.717) is 10.0 Å². The van der Waals surface area contributed by atoms with Gasteiger partial charge in [-0.15, -0.1) is 0 Å². The van der Waals surface area contributed by atoms with Gasteiger partial charge in [0.15, 0.2) is 6.33 Å². The van der Waals surface area contributed by atoms with Gasteiger partial charge in [0, 0.05) is 23.5 Å². The second-order valence-corrected chi connectivity index (χ2v) is 4.75. The maximum atomic E-state index is 6.04. The number of nitrogens with one attached hydrogen (secondary N) is 1. The van der Waals surface area contributed by atoms with Crippen molar-refractivity contribution < 1.29 is 0 Å². The fraction of sp³-hybridized carbons (Fsp3) is 0. The third-order valence-corrected chi connectivity index (χ3v) is 3.49. The van der Waals surface area contributed by atoms with Crippen LogP contribution < -0.4 is 0 Å². The van der Waals surface area contributed by atoms with E-state index in [1.807, 2.05) is 18.2 Å². The summed E-state index contributed by atoms with van der Waals surface area (Å²) in [7, 11) is 0. The smallest absolute Gasteiger partial charge is 0.174 e. The van der Waals surface area contributed by atoms with Crippen LogP contribution in [-0.2, 0) is 0 Å². The van der Waals surface area contributed by atoms with Gasteiger partial charge in [-0.2, -0.15) is 0 Å². The molecule has 0 atom stereocenters. The van der Waals surface area contributed by atoms with Crippen LogP contribution in [0.3, 0.4) is 0 Å². The monoisotopic (exact) mass is 288 g/mol. The molecule has 93 valence electrons. The molecular formula is C14H8Cl2N3. The predicted molar refractivity (Wildman–Crippen MR) is 76.1 cm³/mol. The summed E-state index contributed by atoms with van der Waals surface area (Å²) in [6, 6.07) is 9.24. The predicted octanol–water partition coefficient (Wildman–Crippen LogP) is 4.25. The van der Waals surface area contributed by atoms with Gasteiger partial charge in [0.05, 0.1) is 21.4 Å². The third-order valence-electron chi connectivity index (χ3n) is 2.75. The lowest BCUT2D eigenvalue weighted by molar-refractivity contribution is 1.28. The number of aromatic amines is 1. The standard InChI is InChI=1S/C14H8Cl2N3/c15-11-2-1-10(7-12(11)16)14-13(18-8-19-14)9-3-5-17-6-4-9/h1-7H,(H,18,19). The van der Waals surface area contributed by atoms with Gasteiger partial charge in [0.25, 0.3) is 0 Å². The Morgan fingerprint density at radius 3 is 2.47 bits per heavy atom. The molecule has 0 fully saturated rings. The minimum Gasteiger partial charge on any atom is -0.335 e. The lowest BCUT2D eigenvalue weighted by atomic mass is 10.1. The molecule has 2 aromatic heterocycles. The Balaban J connectivity index is 2.12. The van der Waals surface area contributed by atoms with Gasteiger partial charge in [0.1, 0.15) is 0 Å². The number of nitrogens with zero attached hydrogens (tertiary/aromatic N) is 2. The molecule has 5 heteroatoms. The lowest BCUT2D eigenvalue weighted by Crippen LogP contribution is -1.84. The van der Waals surface area contributed by atoms with Crippen molar-refractivity contribution in [2.45, 2.75) is 0 Å². The fourth-order valence-corrected chi connectivity index (χ4v) is 2.13. The zero-order valence-corrected chi connectivity index (χ0v) is 11.2. The van der Waals surface area contributed by atoms with E-state index in [4.69, 9.17) is 23.2 Å². The molecule has 0 saturated carbocycles. The molecule has 1 aromatic carbocycles. The van der Waals surface area contributed by atoms with E-state index in [2.05, 4.69) is 21.3 Å². The molecule has 2 heterocycles. The van der Waals surface area contributed by atoms with Crippen LogP contribution in [0.5, 0.6) is 0 Å². The summed E-state index contributed by atoms with van der Waals surface area (Å²) >= 11 is 12.0. The van der Waals surface area contributed by atoms with Crippen molar-refractivity contribution in [3.05, 3.63) is 59.1 Å². The molecule has 0 aliphatic heterocycles. The van der Waals surface area contributed by atoms with Crippen molar-refractivity contribution in [3.63, 3.8) is 0 Å². The number of H-pyrrole nitrogens is 1. The van der Waals surface area contributed by atoms with E-state index in [9.17, 15) is 0 Å². The van der Waals surface area contributed by atoms with Gasteiger partial charge < -0.3 is 4.98 Å². The van der Waals surface area contributed by atoms with Crippen LogP contribution in [0.25, 0.3) is 22.5 Å². The van der Waals surface area contributed by atoms with E-state index in [1.165, 1.54) is 0 Å². The molecule has 1 radical (unpaired) electrons. The Hall–Kier alpha value is -1.84. The van der Waals surface area contributed by atoms with Gasteiger partial charge in [-0.3, -0.25) is 4.98 Å². The van der Waals surface area contributed by atoms with Gasteiger partial charge in [-0.1, -0.05) is 29.3 Å². The molecule has 3 rings (SSSR count). The second kappa shape index (κ2) is 5.03. The largest absolute Gasteiger partial charge is 0.335 e. The number of halogens is 2. The lowest BCUT2D eigenvalue weighted by Gasteiger charge is -2.04. The zero-order valence-electron chi connectivity index (χ0n) is 9.69. The Bertz CT molecular complexity index is 708. The molecule has 0 aliphatic rings. The summed E-state index contributed by atoms with van der Waals surface area (Å²) < 4.78 is 0. The van der Waals surface area contributed by atoms with Crippen LogP contribution in [0.4, 0.5) is 0 Å². The number of hydrogen-bond acceptors (Lipinski definition) is 2. The van der Waals surface area contributed by atoms with Crippen LogP contribution in [-0.4, -0.2) is 15.0 Å². The van der Waals surface area contributed by atoms with Crippen LogP contribution in [0.1, 0.15) is 0 Å². The van der Waals surface area contributed by atoms with Crippen molar-refractivity contribution in [1.29, 1.82) is 0 Å². The number of aromatic nitrogens is 3. The fourth-order valence-electron chi connectivity index (χ4n) is 1.83. The number of hydrogen-bond donors (Lipinski definition) is 1. The molecular weight excluding hydrogens is 281 g/mol. The van der Waals surface area contributed by atoms with Gasteiger partial charge >= 0.3 is 0 Å². The molecule has 0 bridgehead atoms. The number of imidazole rings is 1. The maximum Gasteiger partial charge on any atom is 0.174 e. The average molecular weight is 289 g/mol. The van der Waals surface area contributed by atoms with Crippen LogP contribution in [0, 0.1) is 6.33 Å². The van der Waals surface area contributed by atoms with E-state index in [1.54, 1.807) is 24.5 Å². The van der Waals surface area contributed by atoms with E-state index in [-0.39, 0.29) is 0 Å². The van der Waals surface area contributed by atoms with Gasteiger partial charge in [-0.25, -0.2) is 4.98 Å². The Kier molecular flexibility index (Phi) is 3.23. The third kappa shape index (κ3) is 2.35. The SMILES string of the molecule is Clc1ccc(-c2[nH][c]nc2-c2ccncc2)cc1Cl. The van der Waals surface area contributed by atoms with Gasteiger partial charge in [-0.05, 0) is 24.3 Å². The molecule has 0 spiro atoms. The first-order chi connectivity index (χ1) is 9.25. The summed E-state index contributed by atoms with van der Waals surface area (Å²) in [5.74, 6) is 0. The second-order valence-electron chi connectivity index (χ2n) is 3.94. The molecule has 0 saturated heterocycles. The number of benzene rings is 1. The molecule has 0 aliphatic carbocycles. The molecule has 0 amide bonds. The number of pyridine rings is 1. The minimum atomic E-state index is 0.509. The molecule has 19 heavy (non-hydrogen) atoms. The van der Waals surface area contributed by atoms with E-state index >= 15 is 0 Å². The van der Waals surface area contributed by atoms with Crippen molar-refractivity contribution >= 4 is 23.2 Å². The highest BCUT2D eigenvalue weighted by atomic mass is 35.5. The Morgan fingerprint density at radius 1 is 0.947 bits per heavy atom. The van der Waals surface area contributed by atoms with Crippen LogP contribution in [0.15, 0.2) is 42.7 Å². The first kappa shape index (κ1) is 12.2. The summed E-state index contributed by atoms with van der Waals surface area (Å²) in [4.78, 5) is 11.2. The first-order valence-electron chi connectivity index (χ1n) is 5.57.